The summed E-state index contributed by atoms with van der Waals surface area (Å²) >= 11 is 1.89. The van der Waals surface area contributed by atoms with Gasteiger partial charge in [-0.05, 0) is 70.0 Å². The first kappa shape index (κ1) is 22.2. The molecular weight excluding hydrogens is 442 g/mol. The molecule has 2 heterocycles. The topological polar surface area (TPSA) is 12.9 Å². The molecule has 0 aliphatic rings. The minimum absolute atomic E-state index is 0.0554. The molecule has 0 radical (unpaired) electrons. The van der Waals surface area contributed by atoms with Gasteiger partial charge >= 0.3 is 0 Å². The summed E-state index contributed by atoms with van der Waals surface area (Å²) in [4.78, 5) is 5.31. The van der Waals surface area contributed by atoms with Crippen LogP contribution in [0.5, 0.6) is 0 Å². The molecule has 0 aliphatic carbocycles. The van der Waals surface area contributed by atoms with Gasteiger partial charge in [0.1, 0.15) is 0 Å². The third-order valence-corrected chi connectivity index (χ3v) is 8.25. The number of pyridine rings is 1. The summed E-state index contributed by atoms with van der Waals surface area (Å²) in [6.07, 6.45) is 1.04. The second kappa shape index (κ2) is 8.17. The molecule has 1 nitrogen and oxygen atoms in total. The standard InChI is InChI=1S/C33H31NS/c1-20(2)16-22-17-29(34-28-15-14-21-10-6-7-11-24(21)31(22)28)27-19-23(33(3,4)5)18-26-25-12-8-9-13-30(25)35-32(26)27/h6-15,17-20H,16H2,1-5H3. The molecular formula is C33H31NS. The van der Waals surface area contributed by atoms with Gasteiger partial charge in [0, 0.05) is 31.1 Å². The molecule has 0 spiro atoms. The summed E-state index contributed by atoms with van der Waals surface area (Å²) in [7, 11) is 0. The first-order valence-electron chi connectivity index (χ1n) is 12.6. The van der Waals surface area contributed by atoms with E-state index in [-0.39, 0.29) is 5.41 Å². The molecule has 0 aliphatic heterocycles. The highest BCUT2D eigenvalue weighted by Gasteiger charge is 2.21. The van der Waals surface area contributed by atoms with Crippen LogP contribution in [0.4, 0.5) is 0 Å². The van der Waals surface area contributed by atoms with Crippen molar-refractivity contribution in [1.82, 2.24) is 4.98 Å². The lowest BCUT2D eigenvalue weighted by Gasteiger charge is -2.21. The third-order valence-electron chi connectivity index (χ3n) is 7.03. The average Bonchev–Trinajstić information content (AvgIpc) is 3.21. The van der Waals surface area contributed by atoms with Gasteiger partial charge in [0.05, 0.1) is 11.2 Å². The fraction of sp³-hybridized carbons (Fsp3) is 0.242. The monoisotopic (exact) mass is 473 g/mol. The first-order valence-corrected chi connectivity index (χ1v) is 13.4. The number of hydrogen-bond donors (Lipinski definition) is 0. The molecule has 4 aromatic carbocycles. The largest absolute Gasteiger partial charge is 0.248 e. The second-order valence-corrected chi connectivity index (χ2v) is 12.2. The molecule has 6 aromatic rings. The quantitative estimate of drug-likeness (QED) is 0.233. The zero-order chi connectivity index (χ0) is 24.3. The van der Waals surface area contributed by atoms with Crippen LogP contribution in [0.1, 0.15) is 45.7 Å². The van der Waals surface area contributed by atoms with Crippen molar-refractivity contribution in [3.63, 3.8) is 0 Å². The van der Waals surface area contributed by atoms with Crippen LogP contribution < -0.4 is 0 Å². The summed E-state index contributed by atoms with van der Waals surface area (Å²) in [5.74, 6) is 0.567. The Labute approximate surface area is 211 Å². The third kappa shape index (κ3) is 3.81. The number of thiophene rings is 1. The molecule has 2 aromatic heterocycles. The van der Waals surface area contributed by atoms with Crippen LogP contribution in [0.15, 0.2) is 78.9 Å². The predicted octanol–water partition coefficient (Wildman–Crippen LogP) is 9.92. The Morgan fingerprint density at radius 1 is 0.800 bits per heavy atom. The molecule has 6 rings (SSSR count). The van der Waals surface area contributed by atoms with E-state index in [1.54, 1.807) is 0 Å². The Morgan fingerprint density at radius 3 is 2.31 bits per heavy atom. The Hall–Kier alpha value is -3.23. The van der Waals surface area contributed by atoms with Gasteiger partial charge in [0.2, 0.25) is 0 Å². The Balaban J connectivity index is 1.72. The van der Waals surface area contributed by atoms with Crippen LogP contribution in [0.2, 0.25) is 0 Å². The maximum Gasteiger partial charge on any atom is 0.0727 e. The molecule has 0 bridgehead atoms. The van der Waals surface area contributed by atoms with Crippen LogP contribution in [-0.2, 0) is 11.8 Å². The van der Waals surface area contributed by atoms with Gasteiger partial charge in [0.15, 0.2) is 0 Å². The van der Waals surface area contributed by atoms with Crippen LogP contribution >= 0.6 is 11.3 Å². The molecule has 0 N–H and O–H groups in total. The molecule has 2 heteroatoms. The molecule has 0 saturated carbocycles. The minimum atomic E-state index is 0.0554. The number of rotatable bonds is 3. The number of nitrogens with zero attached hydrogens (tertiary/aromatic N) is 1. The van der Waals surface area contributed by atoms with Crippen molar-refractivity contribution in [2.75, 3.05) is 0 Å². The van der Waals surface area contributed by atoms with E-state index in [1.165, 1.54) is 53.0 Å². The number of hydrogen-bond acceptors (Lipinski definition) is 2. The van der Waals surface area contributed by atoms with Crippen molar-refractivity contribution in [1.29, 1.82) is 0 Å². The number of fused-ring (bicyclic) bond motifs is 6. The lowest BCUT2D eigenvalue weighted by molar-refractivity contribution is 0.591. The highest BCUT2D eigenvalue weighted by atomic mass is 32.1. The number of benzene rings is 4. The minimum Gasteiger partial charge on any atom is -0.248 e. The number of aromatic nitrogens is 1. The van der Waals surface area contributed by atoms with Gasteiger partial charge in [-0.15, -0.1) is 11.3 Å². The van der Waals surface area contributed by atoms with Crippen LogP contribution in [0.3, 0.4) is 0 Å². The van der Waals surface area contributed by atoms with Gasteiger partial charge in [-0.2, -0.15) is 0 Å². The van der Waals surface area contributed by atoms with Crippen molar-refractivity contribution in [3.05, 3.63) is 90.0 Å². The first-order chi connectivity index (χ1) is 16.8. The summed E-state index contributed by atoms with van der Waals surface area (Å²) in [6.45, 7) is 11.5. The lowest BCUT2D eigenvalue weighted by Crippen LogP contribution is -2.11. The van der Waals surface area contributed by atoms with Crippen LogP contribution in [0, 0.1) is 5.92 Å². The van der Waals surface area contributed by atoms with Crippen molar-refractivity contribution >= 4 is 53.2 Å². The van der Waals surface area contributed by atoms with E-state index >= 15 is 0 Å². The van der Waals surface area contributed by atoms with Gasteiger partial charge in [0.25, 0.3) is 0 Å². The van der Waals surface area contributed by atoms with Gasteiger partial charge in [-0.1, -0.05) is 83.1 Å². The second-order valence-electron chi connectivity index (χ2n) is 11.2. The Bertz CT molecular complexity index is 1730. The Kier molecular flexibility index (Phi) is 5.19. The maximum absolute atomic E-state index is 5.31. The van der Waals surface area contributed by atoms with Crippen molar-refractivity contribution in [2.24, 2.45) is 5.92 Å². The molecule has 0 fully saturated rings. The summed E-state index contributed by atoms with van der Waals surface area (Å²) in [5, 5.41) is 6.57. The lowest BCUT2D eigenvalue weighted by atomic mass is 9.84. The molecule has 174 valence electrons. The van der Waals surface area contributed by atoms with Crippen molar-refractivity contribution < 1.29 is 0 Å². The van der Waals surface area contributed by atoms with E-state index in [0.717, 1.165) is 17.6 Å². The average molecular weight is 474 g/mol. The zero-order valence-electron chi connectivity index (χ0n) is 21.1. The van der Waals surface area contributed by atoms with Gasteiger partial charge < -0.3 is 0 Å². The Morgan fingerprint density at radius 2 is 1.54 bits per heavy atom. The zero-order valence-corrected chi connectivity index (χ0v) is 22.0. The van der Waals surface area contributed by atoms with E-state index in [4.69, 9.17) is 4.98 Å². The SMILES string of the molecule is CC(C)Cc1cc(-c2cc(C(C)(C)C)cc3c2sc2ccccc23)nc2ccc3ccccc3c12. The fourth-order valence-corrected chi connectivity index (χ4v) is 6.49. The van der Waals surface area contributed by atoms with Crippen molar-refractivity contribution in [3.8, 4) is 11.3 Å². The van der Waals surface area contributed by atoms with Crippen LogP contribution in [0.25, 0.3) is 53.1 Å². The van der Waals surface area contributed by atoms with Gasteiger partial charge in [-0.3, -0.25) is 0 Å². The van der Waals surface area contributed by atoms with E-state index in [0.29, 0.717) is 5.92 Å². The predicted molar refractivity (Wildman–Crippen MR) is 155 cm³/mol. The van der Waals surface area contributed by atoms with Gasteiger partial charge in [-0.25, -0.2) is 4.98 Å². The molecule has 0 saturated heterocycles. The summed E-state index contributed by atoms with van der Waals surface area (Å²) in [6, 6.07) is 29.1. The molecule has 0 amide bonds. The molecule has 0 unspecified atom stereocenters. The highest BCUT2D eigenvalue weighted by molar-refractivity contribution is 7.26. The summed E-state index contributed by atoms with van der Waals surface area (Å²) in [5.41, 5.74) is 6.24. The van der Waals surface area contributed by atoms with E-state index in [2.05, 4.69) is 113 Å². The van der Waals surface area contributed by atoms with Crippen LogP contribution in [-0.4, -0.2) is 4.98 Å². The highest BCUT2D eigenvalue weighted by Crippen LogP contribution is 2.43. The fourth-order valence-electron chi connectivity index (χ4n) is 5.28. The summed E-state index contributed by atoms with van der Waals surface area (Å²) < 4.78 is 2.67. The molecule has 0 atom stereocenters. The van der Waals surface area contributed by atoms with Crippen molar-refractivity contribution in [2.45, 2.75) is 46.5 Å². The van der Waals surface area contributed by atoms with E-state index in [9.17, 15) is 0 Å². The molecule has 35 heavy (non-hydrogen) atoms. The van der Waals surface area contributed by atoms with E-state index in [1.807, 2.05) is 11.3 Å². The van der Waals surface area contributed by atoms with E-state index < -0.39 is 0 Å². The normalized spacial score (nSPS) is 12.5. The smallest absolute Gasteiger partial charge is 0.0727 e. The maximum atomic E-state index is 5.31.